The van der Waals surface area contributed by atoms with Crippen LogP contribution in [0.15, 0.2) is 41.3 Å². The first kappa shape index (κ1) is 27.8. The molecule has 2 amide bonds. The number of para-hydroxylation sites is 1. The van der Waals surface area contributed by atoms with Crippen LogP contribution in [0.1, 0.15) is 65.2 Å². The molecule has 1 fully saturated rings. The van der Waals surface area contributed by atoms with E-state index >= 15 is 0 Å². The molecule has 1 aromatic carbocycles. The number of hydrogen-bond acceptors (Lipinski definition) is 6. The molecular formula is C25H36N4O6S. The lowest BCUT2D eigenvalue weighted by Crippen LogP contribution is -2.61. The van der Waals surface area contributed by atoms with Crippen LogP contribution in [0.25, 0.3) is 0 Å². The Balaban J connectivity index is 1.88. The van der Waals surface area contributed by atoms with Gasteiger partial charge in [0.15, 0.2) is 4.90 Å². The minimum atomic E-state index is -4.37. The van der Waals surface area contributed by atoms with Crippen LogP contribution in [-0.4, -0.2) is 36.7 Å². The molecule has 0 aliphatic heterocycles. The summed E-state index contributed by atoms with van der Waals surface area (Å²) >= 11 is 0. The molecular weight excluding hydrogens is 484 g/mol. The molecule has 4 N–H and O–H groups in total. The van der Waals surface area contributed by atoms with Gasteiger partial charge in [-0.3, -0.25) is 19.7 Å². The van der Waals surface area contributed by atoms with E-state index in [0.29, 0.717) is 25.2 Å². The quantitative estimate of drug-likeness (QED) is 0.244. The summed E-state index contributed by atoms with van der Waals surface area (Å²) < 4.78 is 29.2. The van der Waals surface area contributed by atoms with Crippen LogP contribution < -0.4 is 15.8 Å². The van der Waals surface area contributed by atoms with Crippen molar-refractivity contribution in [1.82, 2.24) is 10.0 Å². The van der Waals surface area contributed by atoms with Crippen molar-refractivity contribution in [2.24, 2.45) is 23.5 Å². The number of nitro groups is 1. The van der Waals surface area contributed by atoms with E-state index in [-0.39, 0.29) is 24.8 Å². The molecule has 0 bridgehead atoms. The Bertz CT molecular complexity index is 1110. The number of nitro benzene ring substituents is 1. The molecule has 10 nitrogen and oxygen atoms in total. The Hall–Kier alpha value is -2.79. The van der Waals surface area contributed by atoms with Gasteiger partial charge in [-0.15, -0.1) is 0 Å². The minimum absolute atomic E-state index is 0.0219. The number of nitrogens with one attached hydrogen (secondary N) is 2. The molecule has 3 atom stereocenters. The van der Waals surface area contributed by atoms with Crippen molar-refractivity contribution in [2.75, 3.05) is 0 Å². The molecule has 1 aromatic rings. The van der Waals surface area contributed by atoms with Crippen molar-refractivity contribution in [1.29, 1.82) is 0 Å². The summed E-state index contributed by atoms with van der Waals surface area (Å²) in [6.45, 7) is 4.21. The molecule has 3 unspecified atom stereocenters. The van der Waals surface area contributed by atoms with E-state index in [2.05, 4.69) is 23.9 Å². The average molecular weight is 521 g/mol. The van der Waals surface area contributed by atoms with Crippen molar-refractivity contribution < 1.29 is 22.9 Å². The van der Waals surface area contributed by atoms with Crippen molar-refractivity contribution >= 4 is 27.5 Å². The number of rotatable bonds is 10. The predicted octanol–water partition coefficient (Wildman–Crippen LogP) is 3.17. The fourth-order valence-corrected chi connectivity index (χ4v) is 6.75. The monoisotopic (exact) mass is 520 g/mol. The van der Waals surface area contributed by atoms with Crippen LogP contribution in [0.4, 0.5) is 5.69 Å². The topological polar surface area (TPSA) is 162 Å². The van der Waals surface area contributed by atoms with Crippen LogP contribution in [0, 0.1) is 27.9 Å². The lowest BCUT2D eigenvalue weighted by molar-refractivity contribution is -0.387. The first-order valence-corrected chi connectivity index (χ1v) is 14.0. The number of carbonyl (C=O) groups excluding carboxylic acids is 2. The molecule has 2 aliphatic rings. The van der Waals surface area contributed by atoms with Gasteiger partial charge in [0.05, 0.1) is 16.9 Å². The number of nitrogens with zero attached hydrogens (tertiary/aromatic N) is 1. The zero-order valence-corrected chi connectivity index (χ0v) is 21.6. The lowest BCUT2D eigenvalue weighted by atomic mass is 9.78. The zero-order chi connectivity index (χ0) is 26.5. The summed E-state index contributed by atoms with van der Waals surface area (Å²) in [5.74, 6) is -0.850. The van der Waals surface area contributed by atoms with Gasteiger partial charge in [-0.2, -0.15) is 4.72 Å². The third-order valence-electron chi connectivity index (χ3n) is 7.22. The second-order valence-electron chi connectivity index (χ2n) is 10.3. The van der Waals surface area contributed by atoms with Crippen molar-refractivity contribution in [2.45, 2.75) is 81.7 Å². The SMILES string of the molecule is CC(C)CCC1CC(C(N)=O)C=CC1NC(=O)C1(NS(=O)(=O)c2ccccc2[N+](=O)[O-])CCCCC1. The van der Waals surface area contributed by atoms with Gasteiger partial charge in [0, 0.05) is 6.07 Å². The van der Waals surface area contributed by atoms with E-state index < -0.39 is 48.8 Å². The zero-order valence-electron chi connectivity index (χ0n) is 20.8. The molecule has 0 saturated heterocycles. The second kappa shape index (κ2) is 11.5. The van der Waals surface area contributed by atoms with Crippen molar-refractivity contribution in [3.05, 3.63) is 46.5 Å². The van der Waals surface area contributed by atoms with Crippen LogP contribution in [0.3, 0.4) is 0 Å². The number of carbonyl (C=O) groups is 2. The third kappa shape index (κ3) is 6.50. The number of primary amides is 1. The van der Waals surface area contributed by atoms with E-state index in [4.69, 9.17) is 5.73 Å². The number of nitrogens with two attached hydrogens (primary N) is 1. The van der Waals surface area contributed by atoms with Crippen molar-refractivity contribution in [3.8, 4) is 0 Å². The molecule has 1 saturated carbocycles. The van der Waals surface area contributed by atoms with Gasteiger partial charge in [-0.1, -0.05) is 63.8 Å². The normalized spacial score (nSPS) is 23.8. The summed E-state index contributed by atoms with van der Waals surface area (Å²) in [7, 11) is -4.37. The number of hydrogen-bond donors (Lipinski definition) is 3. The Labute approximate surface area is 212 Å². The molecule has 0 radical (unpaired) electrons. The van der Waals surface area contributed by atoms with E-state index in [1.807, 2.05) is 0 Å². The molecule has 0 spiro atoms. The third-order valence-corrected chi connectivity index (χ3v) is 8.80. The molecule has 11 heteroatoms. The van der Waals surface area contributed by atoms with E-state index in [1.165, 1.54) is 18.2 Å². The standard InChI is InChI=1S/C25H36N4O6S/c1-17(2)10-11-18-16-19(23(26)30)12-13-20(18)27-24(31)25(14-6-3-7-15-25)28-36(34,35)22-9-5-4-8-21(22)29(32)33/h4-5,8-9,12-13,17-20,28H,3,6-7,10-11,14-16H2,1-2H3,(H2,26,30)(H,27,31). The average Bonchev–Trinajstić information content (AvgIpc) is 2.83. The molecule has 36 heavy (non-hydrogen) atoms. The number of amides is 2. The summed E-state index contributed by atoms with van der Waals surface area (Å²) in [6, 6.07) is 4.73. The Kier molecular flexibility index (Phi) is 8.89. The summed E-state index contributed by atoms with van der Waals surface area (Å²) in [6.07, 6.45) is 8.44. The maximum absolute atomic E-state index is 13.7. The highest BCUT2D eigenvalue weighted by Crippen LogP contribution is 2.34. The van der Waals surface area contributed by atoms with E-state index in [0.717, 1.165) is 25.3 Å². The molecule has 198 valence electrons. The van der Waals surface area contributed by atoms with Crippen LogP contribution in [0.2, 0.25) is 0 Å². The first-order chi connectivity index (χ1) is 16.9. The smallest absolute Gasteiger partial charge is 0.289 e. The molecule has 3 rings (SSSR count). The Morgan fingerprint density at radius 1 is 1.17 bits per heavy atom. The Morgan fingerprint density at radius 2 is 1.83 bits per heavy atom. The lowest BCUT2D eigenvalue weighted by Gasteiger charge is -2.39. The fraction of sp³-hybridized carbons (Fsp3) is 0.600. The van der Waals surface area contributed by atoms with Crippen molar-refractivity contribution in [3.63, 3.8) is 0 Å². The van der Waals surface area contributed by atoms with Gasteiger partial charge in [0.2, 0.25) is 21.8 Å². The van der Waals surface area contributed by atoms with E-state index in [9.17, 15) is 28.1 Å². The highest BCUT2D eigenvalue weighted by atomic mass is 32.2. The van der Waals surface area contributed by atoms with Gasteiger partial charge >= 0.3 is 0 Å². The van der Waals surface area contributed by atoms with Gasteiger partial charge in [0.25, 0.3) is 5.69 Å². The fourth-order valence-electron chi connectivity index (χ4n) is 5.15. The van der Waals surface area contributed by atoms with Crippen LogP contribution >= 0.6 is 0 Å². The number of benzene rings is 1. The van der Waals surface area contributed by atoms with Gasteiger partial charge in [0.1, 0.15) is 5.54 Å². The first-order valence-electron chi connectivity index (χ1n) is 12.5. The van der Waals surface area contributed by atoms with Gasteiger partial charge in [-0.05, 0) is 43.6 Å². The summed E-state index contributed by atoms with van der Waals surface area (Å²) in [5, 5.41) is 14.5. The second-order valence-corrected chi connectivity index (χ2v) is 12.0. The largest absolute Gasteiger partial charge is 0.369 e. The summed E-state index contributed by atoms with van der Waals surface area (Å²) in [4.78, 5) is 35.7. The van der Waals surface area contributed by atoms with Crippen LogP contribution in [-0.2, 0) is 19.6 Å². The predicted molar refractivity (Wildman–Crippen MR) is 135 cm³/mol. The maximum atomic E-state index is 13.7. The van der Waals surface area contributed by atoms with Gasteiger partial charge in [-0.25, -0.2) is 8.42 Å². The summed E-state index contributed by atoms with van der Waals surface area (Å²) in [5.41, 5.74) is 3.56. The molecule has 0 aromatic heterocycles. The van der Waals surface area contributed by atoms with Crippen LogP contribution in [0.5, 0.6) is 0 Å². The highest BCUT2D eigenvalue weighted by molar-refractivity contribution is 7.89. The molecule has 0 heterocycles. The maximum Gasteiger partial charge on any atom is 0.289 e. The highest BCUT2D eigenvalue weighted by Gasteiger charge is 2.45. The minimum Gasteiger partial charge on any atom is -0.369 e. The van der Waals surface area contributed by atoms with E-state index in [1.54, 1.807) is 12.2 Å². The molecule has 2 aliphatic carbocycles. The number of sulfonamides is 1. The van der Waals surface area contributed by atoms with Gasteiger partial charge < -0.3 is 11.1 Å². The Morgan fingerprint density at radius 3 is 2.44 bits per heavy atom.